The Morgan fingerprint density at radius 3 is 2.65 bits per heavy atom. The fourth-order valence-corrected chi connectivity index (χ4v) is 2.21. The topological polar surface area (TPSA) is 54.0 Å². The van der Waals surface area contributed by atoms with Crippen molar-refractivity contribution in [2.45, 2.75) is 13.5 Å². The van der Waals surface area contributed by atoms with E-state index in [2.05, 4.69) is 15.6 Å². The Kier molecular flexibility index (Phi) is 4.75. The molecule has 0 fully saturated rings. The normalized spacial score (nSPS) is 10.6. The van der Waals surface area contributed by atoms with Crippen LogP contribution in [-0.4, -0.2) is 17.4 Å². The first-order chi connectivity index (χ1) is 9.56. The zero-order valence-electron chi connectivity index (χ0n) is 10.7. The number of hydrogen-bond acceptors (Lipinski definition) is 4. The summed E-state index contributed by atoms with van der Waals surface area (Å²) in [6, 6.07) is 3.41. The SMILES string of the molecule is Cc1nc(CNCC(=O)Nc2c(F)cccc2F)cs1. The van der Waals surface area contributed by atoms with Gasteiger partial charge in [-0.05, 0) is 19.1 Å². The van der Waals surface area contributed by atoms with Crippen LogP contribution in [0.2, 0.25) is 0 Å². The molecule has 0 aliphatic carbocycles. The van der Waals surface area contributed by atoms with Crippen molar-refractivity contribution in [2.75, 3.05) is 11.9 Å². The van der Waals surface area contributed by atoms with Crippen LogP contribution in [0.15, 0.2) is 23.6 Å². The van der Waals surface area contributed by atoms with E-state index in [0.717, 1.165) is 22.8 Å². The molecule has 20 heavy (non-hydrogen) atoms. The monoisotopic (exact) mass is 297 g/mol. The van der Waals surface area contributed by atoms with Crippen LogP contribution < -0.4 is 10.6 Å². The van der Waals surface area contributed by atoms with Crippen molar-refractivity contribution in [2.24, 2.45) is 0 Å². The predicted octanol–water partition coefficient (Wildman–Crippen LogP) is 2.46. The molecule has 2 aromatic rings. The van der Waals surface area contributed by atoms with Crippen molar-refractivity contribution in [1.82, 2.24) is 10.3 Å². The van der Waals surface area contributed by atoms with Crippen LogP contribution in [0.3, 0.4) is 0 Å². The molecule has 1 aromatic heterocycles. The first-order valence-corrected chi connectivity index (χ1v) is 6.80. The highest BCUT2D eigenvalue weighted by atomic mass is 32.1. The summed E-state index contributed by atoms with van der Waals surface area (Å²) in [7, 11) is 0. The number of aryl methyl sites for hydroxylation is 1. The van der Waals surface area contributed by atoms with Crippen molar-refractivity contribution in [1.29, 1.82) is 0 Å². The Morgan fingerprint density at radius 1 is 1.35 bits per heavy atom. The van der Waals surface area contributed by atoms with E-state index in [1.54, 1.807) is 0 Å². The maximum absolute atomic E-state index is 13.3. The van der Waals surface area contributed by atoms with Gasteiger partial charge in [0.1, 0.15) is 17.3 Å². The van der Waals surface area contributed by atoms with Gasteiger partial charge in [0.25, 0.3) is 0 Å². The third-order valence-corrected chi connectivity index (χ3v) is 3.31. The molecule has 4 nitrogen and oxygen atoms in total. The number of nitrogens with zero attached hydrogens (tertiary/aromatic N) is 1. The first kappa shape index (κ1) is 14.5. The minimum absolute atomic E-state index is 0.0512. The van der Waals surface area contributed by atoms with Gasteiger partial charge in [0.2, 0.25) is 5.91 Å². The van der Waals surface area contributed by atoms with E-state index in [0.29, 0.717) is 6.54 Å². The van der Waals surface area contributed by atoms with Crippen LogP contribution in [0.4, 0.5) is 14.5 Å². The predicted molar refractivity (Wildman–Crippen MR) is 73.5 cm³/mol. The van der Waals surface area contributed by atoms with Crippen molar-refractivity contribution in [3.8, 4) is 0 Å². The molecular weight excluding hydrogens is 284 g/mol. The molecule has 2 N–H and O–H groups in total. The zero-order valence-corrected chi connectivity index (χ0v) is 11.6. The lowest BCUT2D eigenvalue weighted by molar-refractivity contribution is -0.115. The largest absolute Gasteiger partial charge is 0.320 e. The smallest absolute Gasteiger partial charge is 0.238 e. The molecule has 1 heterocycles. The Labute approximate surface area is 118 Å². The van der Waals surface area contributed by atoms with E-state index < -0.39 is 23.2 Å². The number of hydrogen-bond donors (Lipinski definition) is 2. The number of carbonyl (C=O) groups is 1. The van der Waals surface area contributed by atoms with E-state index in [9.17, 15) is 13.6 Å². The summed E-state index contributed by atoms with van der Waals surface area (Å²) in [5.41, 5.74) is 0.404. The third kappa shape index (κ3) is 3.82. The molecule has 0 aliphatic heterocycles. The quantitative estimate of drug-likeness (QED) is 0.891. The summed E-state index contributed by atoms with van der Waals surface area (Å²) >= 11 is 1.52. The maximum atomic E-state index is 13.3. The molecule has 1 amide bonds. The number of rotatable bonds is 5. The van der Waals surface area contributed by atoms with E-state index in [1.165, 1.54) is 17.4 Å². The number of anilines is 1. The summed E-state index contributed by atoms with van der Waals surface area (Å²) in [6.07, 6.45) is 0. The van der Waals surface area contributed by atoms with Gasteiger partial charge in [-0.25, -0.2) is 13.8 Å². The molecule has 0 radical (unpaired) electrons. The van der Waals surface area contributed by atoms with E-state index in [1.807, 2.05) is 12.3 Å². The molecule has 2 rings (SSSR count). The summed E-state index contributed by atoms with van der Waals surface area (Å²) in [4.78, 5) is 15.8. The van der Waals surface area contributed by atoms with Crippen LogP contribution in [0.1, 0.15) is 10.7 Å². The van der Waals surface area contributed by atoms with Gasteiger partial charge in [-0.2, -0.15) is 0 Å². The Hall–Kier alpha value is -1.86. The Morgan fingerprint density at radius 2 is 2.05 bits per heavy atom. The number of halogens is 2. The third-order valence-electron chi connectivity index (χ3n) is 2.49. The number of amides is 1. The molecule has 0 aliphatic rings. The fraction of sp³-hybridized carbons (Fsp3) is 0.231. The minimum atomic E-state index is -0.798. The maximum Gasteiger partial charge on any atom is 0.238 e. The van der Waals surface area contributed by atoms with Gasteiger partial charge in [0.15, 0.2) is 0 Å². The molecular formula is C13H13F2N3OS. The zero-order chi connectivity index (χ0) is 14.5. The molecule has 0 spiro atoms. The van der Waals surface area contributed by atoms with Gasteiger partial charge < -0.3 is 10.6 Å². The van der Waals surface area contributed by atoms with Gasteiger partial charge in [-0.15, -0.1) is 11.3 Å². The number of aromatic nitrogens is 1. The molecule has 0 saturated heterocycles. The molecule has 7 heteroatoms. The Balaban J connectivity index is 1.84. The average Bonchev–Trinajstić information content (AvgIpc) is 2.80. The Bertz CT molecular complexity index is 595. The van der Waals surface area contributed by atoms with Crippen LogP contribution in [-0.2, 0) is 11.3 Å². The van der Waals surface area contributed by atoms with Gasteiger partial charge in [0.05, 0.1) is 17.2 Å². The highest BCUT2D eigenvalue weighted by Gasteiger charge is 2.11. The van der Waals surface area contributed by atoms with Crippen LogP contribution in [0.25, 0.3) is 0 Å². The number of carbonyl (C=O) groups excluding carboxylic acids is 1. The van der Waals surface area contributed by atoms with E-state index in [-0.39, 0.29) is 6.54 Å². The lowest BCUT2D eigenvalue weighted by atomic mass is 10.3. The first-order valence-electron chi connectivity index (χ1n) is 5.92. The molecule has 0 atom stereocenters. The summed E-state index contributed by atoms with van der Waals surface area (Å²) in [6.45, 7) is 2.27. The van der Waals surface area contributed by atoms with E-state index in [4.69, 9.17) is 0 Å². The second-order valence-corrected chi connectivity index (χ2v) is 5.17. The second kappa shape index (κ2) is 6.53. The number of thiazole rings is 1. The number of benzene rings is 1. The van der Waals surface area contributed by atoms with E-state index >= 15 is 0 Å². The molecule has 0 bridgehead atoms. The lowest BCUT2D eigenvalue weighted by Crippen LogP contribution is -2.28. The summed E-state index contributed by atoms with van der Waals surface area (Å²) in [5.74, 6) is -2.11. The van der Waals surface area contributed by atoms with Gasteiger partial charge in [-0.3, -0.25) is 4.79 Å². The highest BCUT2D eigenvalue weighted by Crippen LogP contribution is 2.17. The summed E-state index contributed by atoms with van der Waals surface area (Å²) in [5, 5.41) is 7.89. The van der Waals surface area contributed by atoms with Crippen molar-refractivity contribution >= 4 is 22.9 Å². The van der Waals surface area contributed by atoms with Gasteiger partial charge in [0, 0.05) is 11.9 Å². The minimum Gasteiger partial charge on any atom is -0.320 e. The molecule has 106 valence electrons. The lowest BCUT2D eigenvalue weighted by Gasteiger charge is -2.07. The summed E-state index contributed by atoms with van der Waals surface area (Å²) < 4.78 is 26.6. The number of nitrogens with one attached hydrogen (secondary N) is 2. The van der Waals surface area contributed by atoms with Gasteiger partial charge >= 0.3 is 0 Å². The van der Waals surface area contributed by atoms with Crippen molar-refractivity contribution in [3.05, 3.63) is 45.9 Å². The van der Waals surface area contributed by atoms with Crippen LogP contribution in [0.5, 0.6) is 0 Å². The fourth-order valence-electron chi connectivity index (χ4n) is 1.59. The average molecular weight is 297 g/mol. The van der Waals surface area contributed by atoms with Crippen LogP contribution >= 0.6 is 11.3 Å². The molecule has 0 unspecified atom stereocenters. The standard InChI is InChI=1S/C13H13F2N3OS/c1-8-17-9(7-20-8)5-16-6-12(19)18-13-10(14)3-2-4-11(13)15/h2-4,7,16H,5-6H2,1H3,(H,18,19). The van der Waals surface area contributed by atoms with Crippen molar-refractivity contribution < 1.29 is 13.6 Å². The molecule has 0 saturated carbocycles. The van der Waals surface area contributed by atoms with Gasteiger partial charge in [-0.1, -0.05) is 6.07 Å². The van der Waals surface area contributed by atoms with Crippen molar-refractivity contribution in [3.63, 3.8) is 0 Å². The molecule has 1 aromatic carbocycles. The highest BCUT2D eigenvalue weighted by molar-refractivity contribution is 7.09. The van der Waals surface area contributed by atoms with Crippen LogP contribution in [0, 0.1) is 18.6 Å². The number of para-hydroxylation sites is 1. The second-order valence-electron chi connectivity index (χ2n) is 4.11.